The fourth-order valence-electron chi connectivity index (χ4n) is 3.22. The molecule has 0 bridgehead atoms. The third-order valence-corrected chi connectivity index (χ3v) is 4.70. The van der Waals surface area contributed by atoms with Crippen LogP contribution in [0.1, 0.15) is 55.5 Å². The Morgan fingerprint density at radius 2 is 1.93 bits per heavy atom. The van der Waals surface area contributed by atoms with Gasteiger partial charge >= 0.3 is 12.1 Å². The molecule has 0 saturated heterocycles. The molecule has 2 aliphatic carbocycles. The first-order chi connectivity index (χ1) is 12.8. The molecule has 0 saturated carbocycles. The normalized spacial score (nSPS) is 19.3. The highest BCUT2D eigenvalue weighted by molar-refractivity contribution is 5.79. The van der Waals surface area contributed by atoms with Gasteiger partial charge in [-0.25, -0.2) is 4.79 Å². The third-order valence-electron chi connectivity index (χ3n) is 4.70. The lowest BCUT2D eigenvalue weighted by Gasteiger charge is -2.17. The molecule has 3 N–H and O–H groups in total. The lowest BCUT2D eigenvalue weighted by atomic mass is 9.93. The molecule has 1 aromatic rings. The third kappa shape index (κ3) is 6.41. The molecule has 2 aliphatic rings. The summed E-state index contributed by atoms with van der Waals surface area (Å²) < 4.78 is 31.7. The second-order valence-electron chi connectivity index (χ2n) is 6.69. The molecule has 0 aromatic carbocycles. The van der Waals surface area contributed by atoms with Crippen LogP contribution in [-0.2, 0) is 29.0 Å². The maximum atomic E-state index is 12.1. The number of aromatic amines is 1. The zero-order chi connectivity index (χ0) is 19.9. The molecule has 9 heteroatoms. The number of carboxylic acids is 1. The number of hydrogen-bond acceptors (Lipinski definition) is 3. The van der Waals surface area contributed by atoms with Crippen LogP contribution in [0.2, 0.25) is 0 Å². The predicted octanol–water partition coefficient (Wildman–Crippen LogP) is 3.28. The van der Waals surface area contributed by atoms with Crippen LogP contribution in [-0.4, -0.2) is 33.4 Å². The number of allylic oxidation sites excluding steroid dienone is 2. The fraction of sp³-hybridized carbons (Fsp3) is 0.611. The van der Waals surface area contributed by atoms with Crippen LogP contribution in [0.25, 0.3) is 0 Å². The van der Waals surface area contributed by atoms with Crippen molar-refractivity contribution >= 4 is 11.9 Å². The number of carboxylic acid groups (broad SMARTS) is 1. The Hall–Kier alpha value is -2.32. The van der Waals surface area contributed by atoms with Crippen molar-refractivity contribution in [3.63, 3.8) is 0 Å². The van der Waals surface area contributed by atoms with Gasteiger partial charge in [-0.1, -0.05) is 18.6 Å². The SMILES string of the molecule is O=C(NCc1n[nH]c2c1CCCCC2)C1CC=CCC1.O=C(O)C(F)(F)F. The van der Waals surface area contributed by atoms with Gasteiger partial charge in [0.1, 0.15) is 0 Å². The number of aryl methyl sites for hydroxylation is 1. The van der Waals surface area contributed by atoms with Crippen LogP contribution in [0.15, 0.2) is 12.2 Å². The molecule has 27 heavy (non-hydrogen) atoms. The summed E-state index contributed by atoms with van der Waals surface area (Å²) in [7, 11) is 0. The summed E-state index contributed by atoms with van der Waals surface area (Å²) in [4.78, 5) is 21.0. The van der Waals surface area contributed by atoms with E-state index in [0.717, 1.165) is 37.8 Å². The fourth-order valence-corrected chi connectivity index (χ4v) is 3.22. The van der Waals surface area contributed by atoms with Crippen molar-refractivity contribution in [1.29, 1.82) is 0 Å². The van der Waals surface area contributed by atoms with Crippen LogP contribution in [0, 0.1) is 5.92 Å². The highest BCUT2D eigenvalue weighted by atomic mass is 19.4. The van der Waals surface area contributed by atoms with Gasteiger partial charge in [-0.3, -0.25) is 9.89 Å². The molecule has 3 rings (SSSR count). The van der Waals surface area contributed by atoms with Gasteiger partial charge in [0.25, 0.3) is 0 Å². The molecule has 1 heterocycles. The molecule has 1 aromatic heterocycles. The average Bonchev–Trinajstić information content (AvgIpc) is 2.86. The van der Waals surface area contributed by atoms with Gasteiger partial charge in [0.2, 0.25) is 5.91 Å². The number of nitrogens with one attached hydrogen (secondary N) is 2. The molecule has 0 spiro atoms. The number of halogens is 3. The number of H-pyrrole nitrogens is 1. The van der Waals surface area contributed by atoms with Gasteiger partial charge in [-0.15, -0.1) is 0 Å². The number of aliphatic carboxylic acids is 1. The summed E-state index contributed by atoms with van der Waals surface area (Å²) in [5.41, 5.74) is 3.68. The number of fused-ring (bicyclic) bond motifs is 1. The van der Waals surface area contributed by atoms with Crippen molar-refractivity contribution in [2.75, 3.05) is 0 Å². The van der Waals surface area contributed by atoms with E-state index in [0.29, 0.717) is 6.54 Å². The van der Waals surface area contributed by atoms with Gasteiger partial charge in [0.15, 0.2) is 0 Å². The van der Waals surface area contributed by atoms with E-state index in [2.05, 4.69) is 27.7 Å². The quantitative estimate of drug-likeness (QED) is 0.548. The minimum Gasteiger partial charge on any atom is -0.475 e. The van der Waals surface area contributed by atoms with E-state index in [4.69, 9.17) is 9.90 Å². The van der Waals surface area contributed by atoms with Gasteiger partial charge in [-0.2, -0.15) is 18.3 Å². The molecule has 1 unspecified atom stereocenters. The van der Waals surface area contributed by atoms with Crippen LogP contribution < -0.4 is 5.32 Å². The van der Waals surface area contributed by atoms with Crippen molar-refractivity contribution < 1.29 is 27.9 Å². The maximum absolute atomic E-state index is 12.1. The van der Waals surface area contributed by atoms with Gasteiger partial charge in [0, 0.05) is 11.6 Å². The Labute approximate surface area is 155 Å². The zero-order valence-electron chi connectivity index (χ0n) is 14.9. The molecule has 150 valence electrons. The topological polar surface area (TPSA) is 95.1 Å². The number of amides is 1. The van der Waals surface area contributed by atoms with E-state index in [9.17, 15) is 18.0 Å². The summed E-state index contributed by atoms with van der Waals surface area (Å²) in [5, 5.41) is 17.8. The van der Waals surface area contributed by atoms with E-state index in [1.54, 1.807) is 0 Å². The zero-order valence-corrected chi connectivity index (χ0v) is 14.9. The van der Waals surface area contributed by atoms with Crippen LogP contribution in [0.3, 0.4) is 0 Å². The van der Waals surface area contributed by atoms with Crippen molar-refractivity contribution in [3.05, 3.63) is 29.1 Å². The summed E-state index contributed by atoms with van der Waals surface area (Å²) in [5.74, 6) is -2.43. The number of aromatic nitrogens is 2. The molecule has 1 amide bonds. The number of alkyl halides is 3. The average molecular weight is 387 g/mol. The Balaban J connectivity index is 0.000000321. The minimum atomic E-state index is -5.08. The predicted molar refractivity (Wildman–Crippen MR) is 91.9 cm³/mol. The monoisotopic (exact) mass is 387 g/mol. The van der Waals surface area contributed by atoms with Crippen molar-refractivity contribution in [3.8, 4) is 0 Å². The molecule has 0 aliphatic heterocycles. The molecule has 1 atom stereocenters. The number of hydrogen-bond donors (Lipinski definition) is 3. The molecular formula is C18H24F3N3O3. The summed E-state index contributed by atoms with van der Waals surface area (Å²) >= 11 is 0. The van der Waals surface area contributed by atoms with Crippen molar-refractivity contribution in [2.24, 2.45) is 5.92 Å². The summed E-state index contributed by atoms with van der Waals surface area (Å²) in [6, 6.07) is 0. The Kier molecular flexibility index (Phi) is 7.44. The largest absolute Gasteiger partial charge is 0.490 e. The van der Waals surface area contributed by atoms with E-state index in [1.807, 2.05) is 0 Å². The van der Waals surface area contributed by atoms with Gasteiger partial charge < -0.3 is 10.4 Å². The maximum Gasteiger partial charge on any atom is 0.490 e. The number of carbonyl (C=O) groups is 2. The van der Waals surface area contributed by atoms with Gasteiger partial charge in [0.05, 0.1) is 12.2 Å². The Morgan fingerprint density at radius 1 is 1.22 bits per heavy atom. The van der Waals surface area contributed by atoms with E-state index in [1.165, 1.54) is 30.5 Å². The van der Waals surface area contributed by atoms with Crippen LogP contribution in [0.4, 0.5) is 13.2 Å². The van der Waals surface area contributed by atoms with E-state index < -0.39 is 12.1 Å². The first-order valence-electron chi connectivity index (χ1n) is 9.07. The van der Waals surface area contributed by atoms with E-state index >= 15 is 0 Å². The highest BCUT2D eigenvalue weighted by Gasteiger charge is 2.38. The smallest absolute Gasteiger partial charge is 0.475 e. The standard InChI is InChI=1S/C16H23N3O.C2HF3O2/c20-16(12-7-3-1-4-8-12)17-11-15-13-9-5-2-6-10-14(13)18-19-15;3-2(4,5)1(6)7/h1,3,12H,2,4-11H2,(H,17,20)(H,18,19);(H,6,7). The number of nitrogens with zero attached hydrogens (tertiary/aromatic N) is 1. The number of carbonyl (C=O) groups excluding carboxylic acids is 1. The molecule has 6 nitrogen and oxygen atoms in total. The second-order valence-corrected chi connectivity index (χ2v) is 6.69. The summed E-state index contributed by atoms with van der Waals surface area (Å²) in [6.07, 6.45) is 8.05. The van der Waals surface area contributed by atoms with E-state index in [-0.39, 0.29) is 11.8 Å². The van der Waals surface area contributed by atoms with Crippen molar-refractivity contribution in [2.45, 2.75) is 64.1 Å². The first-order valence-corrected chi connectivity index (χ1v) is 9.07. The lowest BCUT2D eigenvalue weighted by Crippen LogP contribution is -2.31. The minimum absolute atomic E-state index is 0.151. The van der Waals surface area contributed by atoms with Crippen LogP contribution in [0.5, 0.6) is 0 Å². The second kappa shape index (κ2) is 9.57. The lowest BCUT2D eigenvalue weighted by molar-refractivity contribution is -0.192. The Morgan fingerprint density at radius 3 is 2.56 bits per heavy atom. The first kappa shape index (κ1) is 21.0. The summed E-state index contributed by atoms with van der Waals surface area (Å²) in [6.45, 7) is 0.574. The Bertz CT molecular complexity index is 683. The van der Waals surface area contributed by atoms with Crippen LogP contribution >= 0.6 is 0 Å². The number of rotatable bonds is 3. The van der Waals surface area contributed by atoms with Gasteiger partial charge in [-0.05, 0) is 50.5 Å². The van der Waals surface area contributed by atoms with Crippen molar-refractivity contribution in [1.82, 2.24) is 15.5 Å². The molecule has 0 radical (unpaired) electrons. The molecular weight excluding hydrogens is 363 g/mol. The molecule has 0 fully saturated rings. The highest BCUT2D eigenvalue weighted by Crippen LogP contribution is 2.22.